The molecule has 2 aromatic carbocycles. The topological polar surface area (TPSA) is 0 Å². The van der Waals surface area contributed by atoms with Crippen LogP contribution in [0.5, 0.6) is 0 Å². The van der Waals surface area contributed by atoms with E-state index in [1.165, 1.54) is 22.3 Å². The molecule has 0 saturated heterocycles. The Bertz CT molecular complexity index is 635. The predicted octanol–water partition coefficient (Wildman–Crippen LogP) is 5.52. The van der Waals surface area contributed by atoms with Gasteiger partial charge >= 0.3 is 0 Å². The first kappa shape index (κ1) is 13.9. The van der Waals surface area contributed by atoms with Crippen LogP contribution in [0.25, 0.3) is 0 Å². The van der Waals surface area contributed by atoms with E-state index >= 15 is 0 Å². The van der Waals surface area contributed by atoms with Crippen LogP contribution in [0, 0.1) is 5.92 Å². The van der Waals surface area contributed by atoms with E-state index in [2.05, 4.69) is 93.6 Å². The van der Waals surface area contributed by atoms with Crippen LogP contribution in [0.2, 0.25) is 0 Å². The van der Waals surface area contributed by atoms with Gasteiger partial charge in [-0.05, 0) is 25.0 Å². The first-order valence-corrected chi connectivity index (χ1v) is 7.60. The molecule has 0 saturated carbocycles. The molecule has 0 N–H and O–H groups in total. The summed E-state index contributed by atoms with van der Waals surface area (Å²) in [5.41, 5.74) is 5.54. The highest BCUT2D eigenvalue weighted by Gasteiger charge is 2.38. The molecule has 0 fully saturated rings. The van der Waals surface area contributed by atoms with Gasteiger partial charge in [-0.15, -0.1) is 0 Å². The highest BCUT2D eigenvalue weighted by Crippen LogP contribution is 2.45. The summed E-state index contributed by atoms with van der Waals surface area (Å²) < 4.78 is 0. The Morgan fingerprint density at radius 3 is 1.62 bits per heavy atom. The molecule has 0 aliphatic heterocycles. The lowest BCUT2D eigenvalue weighted by molar-refractivity contribution is 0.469. The first-order valence-electron chi connectivity index (χ1n) is 7.60. The summed E-state index contributed by atoms with van der Waals surface area (Å²) in [7, 11) is 0. The summed E-state index contributed by atoms with van der Waals surface area (Å²) in [6, 6.07) is 21.7. The molecule has 3 rings (SSSR count). The fourth-order valence-electron chi connectivity index (χ4n) is 3.61. The molecular formula is C21H22. The van der Waals surface area contributed by atoms with Crippen LogP contribution in [0.4, 0.5) is 0 Å². The van der Waals surface area contributed by atoms with Gasteiger partial charge in [-0.2, -0.15) is 0 Å². The lowest BCUT2D eigenvalue weighted by atomic mass is 9.66. The van der Waals surface area contributed by atoms with Gasteiger partial charge in [0.25, 0.3) is 0 Å². The zero-order chi connectivity index (χ0) is 14.9. The maximum absolute atomic E-state index is 2.41. The number of benzene rings is 2. The number of rotatable bonds is 3. The van der Waals surface area contributed by atoms with Gasteiger partial charge in [-0.3, -0.25) is 0 Å². The molecule has 2 aromatic rings. The van der Waals surface area contributed by atoms with Crippen molar-refractivity contribution in [1.29, 1.82) is 0 Å². The lowest BCUT2D eigenvalue weighted by Crippen LogP contribution is -2.32. The molecule has 21 heavy (non-hydrogen) atoms. The van der Waals surface area contributed by atoms with Crippen molar-refractivity contribution < 1.29 is 0 Å². The van der Waals surface area contributed by atoms with E-state index in [9.17, 15) is 0 Å². The fourth-order valence-corrected chi connectivity index (χ4v) is 3.61. The molecule has 1 aliphatic carbocycles. The van der Waals surface area contributed by atoms with Crippen molar-refractivity contribution in [3.05, 3.63) is 95.1 Å². The molecule has 106 valence electrons. The van der Waals surface area contributed by atoms with Crippen LogP contribution in [0.3, 0.4) is 0 Å². The average molecular weight is 274 g/mol. The summed E-state index contributed by atoms with van der Waals surface area (Å²) in [5.74, 6) is 0.419. The van der Waals surface area contributed by atoms with E-state index in [-0.39, 0.29) is 5.41 Å². The lowest BCUT2D eigenvalue weighted by Gasteiger charge is -2.37. The molecular weight excluding hydrogens is 252 g/mol. The van der Waals surface area contributed by atoms with Crippen LogP contribution in [-0.2, 0) is 5.41 Å². The van der Waals surface area contributed by atoms with Crippen molar-refractivity contribution in [2.24, 2.45) is 5.92 Å². The Morgan fingerprint density at radius 1 is 0.762 bits per heavy atom. The van der Waals surface area contributed by atoms with Gasteiger partial charge in [0.15, 0.2) is 0 Å². The first-order chi connectivity index (χ1) is 10.1. The Labute approximate surface area is 127 Å². The number of hydrogen-bond donors (Lipinski definition) is 0. The van der Waals surface area contributed by atoms with E-state index in [1.807, 2.05) is 0 Å². The molecule has 0 nitrogen and oxygen atoms in total. The molecule has 1 aliphatic rings. The summed E-state index contributed by atoms with van der Waals surface area (Å²) in [4.78, 5) is 0. The minimum Gasteiger partial charge on any atom is -0.0732 e. The zero-order valence-electron chi connectivity index (χ0n) is 13.0. The molecule has 0 aromatic heterocycles. The maximum Gasteiger partial charge on any atom is 0.0274 e. The van der Waals surface area contributed by atoms with E-state index in [4.69, 9.17) is 0 Å². The number of allylic oxidation sites excluding steroid dienone is 4. The van der Waals surface area contributed by atoms with Gasteiger partial charge in [0.2, 0.25) is 0 Å². The Balaban J connectivity index is 2.20. The van der Waals surface area contributed by atoms with E-state index < -0.39 is 0 Å². The van der Waals surface area contributed by atoms with Crippen LogP contribution in [0.1, 0.15) is 31.9 Å². The smallest absolute Gasteiger partial charge is 0.0274 e. The minimum atomic E-state index is -0.0269. The van der Waals surface area contributed by atoms with Crippen LogP contribution in [-0.4, -0.2) is 0 Å². The Kier molecular flexibility index (Phi) is 3.55. The van der Waals surface area contributed by atoms with Gasteiger partial charge < -0.3 is 0 Å². The molecule has 0 amide bonds. The highest BCUT2D eigenvalue weighted by atomic mass is 14.4. The van der Waals surface area contributed by atoms with Gasteiger partial charge in [0, 0.05) is 11.3 Å². The molecule has 0 heteroatoms. The molecule has 0 heterocycles. The summed E-state index contributed by atoms with van der Waals surface area (Å²) >= 11 is 0. The fraction of sp³-hybridized carbons (Fsp3) is 0.238. The second kappa shape index (κ2) is 5.37. The average Bonchev–Trinajstić information content (AvgIpc) is 2.87. The van der Waals surface area contributed by atoms with Gasteiger partial charge in [0.1, 0.15) is 0 Å². The Morgan fingerprint density at radius 2 is 1.24 bits per heavy atom. The van der Waals surface area contributed by atoms with Crippen molar-refractivity contribution >= 4 is 0 Å². The SMILES string of the molecule is CC1=CC(C(C)(c2ccccc2)c2ccccc2)C(C)=C1. The van der Waals surface area contributed by atoms with E-state index in [1.54, 1.807) is 0 Å². The third-order valence-electron chi connectivity index (χ3n) is 4.74. The molecule has 0 bridgehead atoms. The van der Waals surface area contributed by atoms with E-state index in [0.29, 0.717) is 5.92 Å². The maximum atomic E-state index is 2.41. The molecule has 1 atom stereocenters. The summed E-state index contributed by atoms with van der Waals surface area (Å²) in [6.45, 7) is 6.82. The summed E-state index contributed by atoms with van der Waals surface area (Å²) in [6.07, 6.45) is 4.73. The van der Waals surface area contributed by atoms with Crippen LogP contribution in [0.15, 0.2) is 84.0 Å². The standard InChI is InChI=1S/C21H22/c1-16-14-17(2)20(15-16)21(3,18-10-6-4-7-11-18)19-12-8-5-9-13-19/h4-15,20H,1-3H3. The third kappa shape index (κ3) is 2.35. The van der Waals surface area contributed by atoms with Crippen molar-refractivity contribution in [2.75, 3.05) is 0 Å². The number of hydrogen-bond acceptors (Lipinski definition) is 0. The monoisotopic (exact) mass is 274 g/mol. The zero-order valence-corrected chi connectivity index (χ0v) is 13.0. The van der Waals surface area contributed by atoms with Gasteiger partial charge in [-0.25, -0.2) is 0 Å². The third-order valence-corrected chi connectivity index (χ3v) is 4.74. The second-order valence-electron chi connectivity index (χ2n) is 6.21. The highest BCUT2D eigenvalue weighted by molar-refractivity contribution is 5.47. The second-order valence-corrected chi connectivity index (χ2v) is 6.21. The van der Waals surface area contributed by atoms with Crippen molar-refractivity contribution in [3.8, 4) is 0 Å². The van der Waals surface area contributed by atoms with Crippen molar-refractivity contribution in [3.63, 3.8) is 0 Å². The van der Waals surface area contributed by atoms with Gasteiger partial charge in [-0.1, -0.05) is 90.9 Å². The van der Waals surface area contributed by atoms with E-state index in [0.717, 1.165) is 0 Å². The van der Waals surface area contributed by atoms with Crippen molar-refractivity contribution in [2.45, 2.75) is 26.2 Å². The molecule has 1 unspecified atom stereocenters. The normalized spacial score (nSPS) is 18.3. The van der Waals surface area contributed by atoms with Crippen molar-refractivity contribution in [1.82, 2.24) is 0 Å². The van der Waals surface area contributed by atoms with Crippen LogP contribution < -0.4 is 0 Å². The predicted molar refractivity (Wildman–Crippen MR) is 90.3 cm³/mol. The van der Waals surface area contributed by atoms with Crippen LogP contribution >= 0.6 is 0 Å². The largest absolute Gasteiger partial charge is 0.0732 e. The molecule has 0 spiro atoms. The molecule has 0 radical (unpaired) electrons. The summed E-state index contributed by atoms with van der Waals surface area (Å²) in [5, 5.41) is 0. The van der Waals surface area contributed by atoms with Gasteiger partial charge in [0.05, 0.1) is 0 Å². The Hall–Kier alpha value is -2.08. The minimum absolute atomic E-state index is 0.0269. The quantitative estimate of drug-likeness (QED) is 0.691.